The molecule has 1 aliphatic rings. The first-order chi connectivity index (χ1) is 16.1. The van der Waals surface area contributed by atoms with Crippen molar-refractivity contribution in [3.63, 3.8) is 0 Å². The maximum atomic E-state index is 13.6. The predicted octanol–water partition coefficient (Wildman–Crippen LogP) is 3.43. The zero-order chi connectivity index (χ0) is 22.8. The first kappa shape index (κ1) is 21.1. The minimum atomic E-state index is -0.262. The molecule has 1 aliphatic heterocycles. The van der Waals surface area contributed by atoms with Crippen molar-refractivity contribution in [2.24, 2.45) is 0 Å². The second-order valence-corrected chi connectivity index (χ2v) is 8.25. The Morgan fingerprint density at radius 1 is 1.12 bits per heavy atom. The van der Waals surface area contributed by atoms with E-state index in [4.69, 9.17) is 9.47 Å². The summed E-state index contributed by atoms with van der Waals surface area (Å²) in [6.07, 6.45) is 4.67. The molecule has 2 aromatic heterocycles. The normalized spacial score (nSPS) is 18.4. The molecule has 8 nitrogen and oxygen atoms in total. The van der Waals surface area contributed by atoms with Crippen molar-refractivity contribution in [2.75, 3.05) is 19.8 Å². The maximum absolute atomic E-state index is 13.6. The molecule has 1 amide bonds. The highest BCUT2D eigenvalue weighted by Crippen LogP contribution is 2.24. The number of pyridine rings is 1. The zero-order valence-electron chi connectivity index (χ0n) is 18.6. The maximum Gasteiger partial charge on any atom is 0.256 e. The van der Waals surface area contributed by atoms with E-state index in [0.717, 1.165) is 16.3 Å². The number of hydrogen-bond donors (Lipinski definition) is 0. The average Bonchev–Trinajstić information content (AvgIpc) is 3.38. The van der Waals surface area contributed by atoms with E-state index < -0.39 is 0 Å². The smallest absolute Gasteiger partial charge is 0.256 e. The highest BCUT2D eigenvalue weighted by Gasteiger charge is 2.32. The molecule has 2 aromatic carbocycles. The molecule has 3 heterocycles. The molecule has 4 aromatic rings. The summed E-state index contributed by atoms with van der Waals surface area (Å²) in [4.78, 5) is 21.3. The second-order valence-electron chi connectivity index (χ2n) is 8.25. The van der Waals surface area contributed by atoms with E-state index in [1.54, 1.807) is 18.6 Å². The Morgan fingerprint density at radius 3 is 2.79 bits per heavy atom. The van der Waals surface area contributed by atoms with Gasteiger partial charge in [-0.05, 0) is 43.5 Å². The fourth-order valence-electron chi connectivity index (χ4n) is 4.07. The number of aromatic nitrogens is 4. The lowest BCUT2D eigenvalue weighted by molar-refractivity contribution is -0.0630. The Labute approximate surface area is 191 Å². The van der Waals surface area contributed by atoms with Crippen LogP contribution in [0.4, 0.5) is 0 Å². The molecular weight excluding hydrogens is 418 g/mol. The number of morpholine rings is 1. The van der Waals surface area contributed by atoms with E-state index in [0.29, 0.717) is 36.9 Å². The molecule has 5 rings (SSSR count). The molecule has 1 fully saturated rings. The van der Waals surface area contributed by atoms with Crippen LogP contribution in [0.1, 0.15) is 22.8 Å². The zero-order valence-corrected chi connectivity index (χ0v) is 18.6. The van der Waals surface area contributed by atoms with E-state index in [1.165, 1.54) is 4.80 Å². The van der Waals surface area contributed by atoms with Crippen molar-refractivity contribution in [2.45, 2.75) is 26.0 Å². The number of amides is 1. The summed E-state index contributed by atoms with van der Waals surface area (Å²) >= 11 is 0. The summed E-state index contributed by atoms with van der Waals surface area (Å²) in [5.41, 5.74) is 2.22. The van der Waals surface area contributed by atoms with Crippen LogP contribution in [0.2, 0.25) is 0 Å². The topological polar surface area (TPSA) is 82.4 Å². The molecule has 0 aliphatic carbocycles. The fourth-order valence-corrected chi connectivity index (χ4v) is 4.07. The Kier molecular flexibility index (Phi) is 5.75. The molecular formula is C25H25N5O3. The first-order valence-corrected chi connectivity index (χ1v) is 11.0. The summed E-state index contributed by atoms with van der Waals surface area (Å²) in [5.74, 6) is 0.494. The van der Waals surface area contributed by atoms with Crippen molar-refractivity contribution < 1.29 is 14.3 Å². The molecule has 2 atom stereocenters. The van der Waals surface area contributed by atoms with Gasteiger partial charge in [-0.2, -0.15) is 15.0 Å². The number of nitrogens with zero attached hydrogens (tertiary/aromatic N) is 5. The Balaban J connectivity index is 1.34. The molecule has 8 heteroatoms. The number of hydrogen-bond acceptors (Lipinski definition) is 6. The Hall–Kier alpha value is -3.78. The standard InChI is InChI=1S/C25H25N5O3/c1-17-7-8-23(30-27-11-12-28-30)22(13-17)25(31)29-14-20(32-15-18(29)2)16-33-24-21-6-4-3-5-19(21)9-10-26-24/h3-13,18,20H,14-16H2,1-2H3/t18-,20+/m0/s1. The van der Waals surface area contributed by atoms with Crippen molar-refractivity contribution in [3.8, 4) is 11.6 Å². The third-order valence-electron chi connectivity index (χ3n) is 5.83. The van der Waals surface area contributed by atoms with E-state index in [9.17, 15) is 4.79 Å². The van der Waals surface area contributed by atoms with Crippen molar-refractivity contribution in [1.29, 1.82) is 0 Å². The molecule has 0 saturated carbocycles. The van der Waals surface area contributed by atoms with E-state index in [1.807, 2.05) is 67.3 Å². The number of aryl methyl sites for hydroxylation is 1. The minimum absolute atomic E-state index is 0.0663. The average molecular weight is 444 g/mol. The Morgan fingerprint density at radius 2 is 1.94 bits per heavy atom. The van der Waals surface area contributed by atoms with Gasteiger partial charge in [0.15, 0.2) is 0 Å². The fraction of sp³-hybridized carbons (Fsp3) is 0.280. The third-order valence-corrected chi connectivity index (χ3v) is 5.83. The number of carbonyl (C=O) groups excluding carboxylic acids is 1. The summed E-state index contributed by atoms with van der Waals surface area (Å²) < 4.78 is 12.0. The Bertz CT molecular complexity index is 1270. The third kappa shape index (κ3) is 4.29. The highest BCUT2D eigenvalue weighted by atomic mass is 16.5. The van der Waals surface area contributed by atoms with Crippen molar-refractivity contribution in [1.82, 2.24) is 24.9 Å². The van der Waals surface area contributed by atoms with Crippen LogP contribution in [-0.4, -0.2) is 62.7 Å². The number of rotatable bonds is 5. The summed E-state index contributed by atoms with van der Waals surface area (Å²) in [6, 6.07) is 15.6. The van der Waals surface area contributed by atoms with Crippen LogP contribution in [0.3, 0.4) is 0 Å². The molecule has 0 N–H and O–H groups in total. The van der Waals surface area contributed by atoms with Crippen LogP contribution in [0.15, 0.2) is 67.1 Å². The number of carbonyl (C=O) groups is 1. The van der Waals surface area contributed by atoms with Gasteiger partial charge >= 0.3 is 0 Å². The molecule has 0 unspecified atom stereocenters. The van der Waals surface area contributed by atoms with Crippen molar-refractivity contribution >= 4 is 16.7 Å². The van der Waals surface area contributed by atoms with Crippen molar-refractivity contribution in [3.05, 3.63) is 78.2 Å². The van der Waals surface area contributed by atoms with Gasteiger partial charge in [0.1, 0.15) is 12.7 Å². The van der Waals surface area contributed by atoms with Gasteiger partial charge in [-0.15, -0.1) is 0 Å². The van der Waals surface area contributed by atoms with Gasteiger partial charge in [0.25, 0.3) is 5.91 Å². The monoisotopic (exact) mass is 443 g/mol. The molecule has 0 bridgehead atoms. The van der Waals surface area contributed by atoms with Gasteiger partial charge in [0, 0.05) is 11.6 Å². The molecule has 0 spiro atoms. The lowest BCUT2D eigenvalue weighted by Gasteiger charge is -2.38. The van der Waals surface area contributed by atoms with Crippen LogP contribution < -0.4 is 4.74 Å². The van der Waals surface area contributed by atoms with Crippen LogP contribution in [0.5, 0.6) is 5.88 Å². The minimum Gasteiger partial charge on any atom is -0.474 e. The van der Waals surface area contributed by atoms with Gasteiger partial charge in [-0.1, -0.05) is 29.8 Å². The first-order valence-electron chi connectivity index (χ1n) is 11.0. The largest absolute Gasteiger partial charge is 0.474 e. The molecule has 33 heavy (non-hydrogen) atoms. The summed E-state index contributed by atoms with van der Waals surface area (Å²) in [6.45, 7) is 5.12. The number of fused-ring (bicyclic) bond motifs is 1. The molecule has 1 saturated heterocycles. The van der Waals surface area contributed by atoms with Crippen LogP contribution >= 0.6 is 0 Å². The highest BCUT2D eigenvalue weighted by molar-refractivity contribution is 5.98. The van der Waals surface area contributed by atoms with Crippen LogP contribution in [-0.2, 0) is 4.74 Å². The van der Waals surface area contributed by atoms with Gasteiger partial charge in [-0.3, -0.25) is 4.79 Å². The quantitative estimate of drug-likeness (QED) is 0.470. The van der Waals surface area contributed by atoms with E-state index in [-0.39, 0.29) is 18.1 Å². The lowest BCUT2D eigenvalue weighted by atomic mass is 10.1. The van der Waals surface area contributed by atoms with E-state index in [2.05, 4.69) is 15.2 Å². The van der Waals surface area contributed by atoms with Gasteiger partial charge < -0.3 is 14.4 Å². The van der Waals surface area contributed by atoms with Gasteiger partial charge in [0.05, 0.1) is 42.8 Å². The summed E-state index contributed by atoms with van der Waals surface area (Å²) in [7, 11) is 0. The molecule has 0 radical (unpaired) electrons. The SMILES string of the molecule is Cc1ccc(-n2nccn2)c(C(=O)N2C[C@H](COc3nccc4ccccc34)OC[C@@H]2C)c1. The predicted molar refractivity (Wildman–Crippen MR) is 124 cm³/mol. The second kappa shape index (κ2) is 8.99. The number of ether oxygens (including phenoxy) is 2. The van der Waals surface area contributed by atoms with Gasteiger partial charge in [-0.25, -0.2) is 4.98 Å². The molecule has 168 valence electrons. The van der Waals surface area contributed by atoms with Crippen LogP contribution in [0.25, 0.3) is 16.5 Å². The van der Waals surface area contributed by atoms with Gasteiger partial charge in [0.2, 0.25) is 5.88 Å². The summed E-state index contributed by atoms with van der Waals surface area (Å²) in [5, 5.41) is 10.4. The number of benzene rings is 2. The van der Waals surface area contributed by atoms with Crippen LogP contribution in [0, 0.1) is 6.92 Å². The lowest BCUT2D eigenvalue weighted by Crippen LogP contribution is -2.52. The van der Waals surface area contributed by atoms with E-state index >= 15 is 0 Å².